The topological polar surface area (TPSA) is 63.4 Å². The van der Waals surface area contributed by atoms with Crippen LogP contribution in [0.4, 0.5) is 5.69 Å². The van der Waals surface area contributed by atoms with E-state index in [1.807, 2.05) is 11.4 Å². The van der Waals surface area contributed by atoms with Crippen LogP contribution in [-0.2, 0) is 16.6 Å². The Morgan fingerprint density at radius 1 is 1.40 bits per heavy atom. The minimum Gasteiger partial charge on any atom is -0.398 e. The highest BCUT2D eigenvalue weighted by Crippen LogP contribution is 2.27. The van der Waals surface area contributed by atoms with E-state index in [4.69, 9.17) is 17.3 Å². The van der Waals surface area contributed by atoms with Gasteiger partial charge in [-0.3, -0.25) is 0 Å². The molecule has 1 heterocycles. The summed E-state index contributed by atoms with van der Waals surface area (Å²) in [4.78, 5) is 0.0682. The van der Waals surface area contributed by atoms with Crippen LogP contribution in [-0.4, -0.2) is 19.8 Å². The van der Waals surface area contributed by atoms with Crippen molar-refractivity contribution >= 4 is 54.6 Å². The molecule has 2 N–H and O–H groups in total. The average Bonchev–Trinajstić information content (AvgIpc) is 2.74. The third-order valence-electron chi connectivity index (χ3n) is 2.69. The third-order valence-corrected chi connectivity index (χ3v) is 6.35. The van der Waals surface area contributed by atoms with Crippen LogP contribution < -0.4 is 5.73 Å². The molecule has 108 valence electrons. The van der Waals surface area contributed by atoms with E-state index in [9.17, 15) is 8.42 Å². The van der Waals surface area contributed by atoms with Crippen LogP contribution in [0.2, 0.25) is 5.02 Å². The normalized spacial score (nSPS) is 12.0. The van der Waals surface area contributed by atoms with Crippen LogP contribution in [0.1, 0.15) is 5.56 Å². The number of thiophene rings is 1. The van der Waals surface area contributed by atoms with Crippen molar-refractivity contribution in [3.05, 3.63) is 44.0 Å². The fourth-order valence-corrected chi connectivity index (χ4v) is 4.33. The van der Waals surface area contributed by atoms with Gasteiger partial charge in [0.25, 0.3) is 0 Å². The molecular weight excluding hydrogens is 384 g/mol. The van der Waals surface area contributed by atoms with Crippen molar-refractivity contribution in [3.8, 4) is 0 Å². The number of hydrogen-bond donors (Lipinski definition) is 1. The summed E-state index contributed by atoms with van der Waals surface area (Å²) in [6, 6.07) is 6.26. The first-order valence-corrected chi connectivity index (χ1v) is 9.04. The third kappa shape index (κ3) is 3.35. The van der Waals surface area contributed by atoms with Crippen molar-refractivity contribution < 1.29 is 8.42 Å². The molecule has 0 aliphatic carbocycles. The van der Waals surface area contributed by atoms with Gasteiger partial charge in [0.2, 0.25) is 10.0 Å². The molecule has 1 aromatic carbocycles. The second kappa shape index (κ2) is 6.03. The Bertz CT molecular complexity index is 731. The fraction of sp³-hybridized carbons (Fsp3) is 0.167. The fourth-order valence-electron chi connectivity index (χ4n) is 1.69. The Kier molecular flexibility index (Phi) is 4.76. The lowest BCUT2D eigenvalue weighted by Crippen LogP contribution is -2.27. The molecule has 0 unspecified atom stereocenters. The summed E-state index contributed by atoms with van der Waals surface area (Å²) in [6.07, 6.45) is 0. The van der Waals surface area contributed by atoms with E-state index in [-0.39, 0.29) is 17.1 Å². The summed E-state index contributed by atoms with van der Waals surface area (Å²) in [5.74, 6) is 0. The Balaban J connectivity index is 2.29. The predicted molar refractivity (Wildman–Crippen MR) is 86.5 cm³/mol. The first kappa shape index (κ1) is 15.8. The molecule has 0 amide bonds. The van der Waals surface area contributed by atoms with Crippen molar-refractivity contribution in [1.29, 1.82) is 0 Å². The van der Waals surface area contributed by atoms with Gasteiger partial charge in [-0.1, -0.05) is 11.6 Å². The number of nitrogens with zero attached hydrogens (tertiary/aromatic N) is 1. The molecule has 8 heteroatoms. The van der Waals surface area contributed by atoms with Crippen molar-refractivity contribution in [3.63, 3.8) is 0 Å². The number of rotatable bonds is 4. The number of nitrogen functional groups attached to an aromatic ring is 1. The van der Waals surface area contributed by atoms with Crippen molar-refractivity contribution in [2.75, 3.05) is 12.8 Å². The lowest BCUT2D eigenvalue weighted by Gasteiger charge is -2.17. The molecule has 0 radical (unpaired) electrons. The van der Waals surface area contributed by atoms with Crippen LogP contribution in [0.3, 0.4) is 0 Å². The predicted octanol–water partition coefficient (Wildman–Crippen LogP) is 3.57. The molecular formula is C12H12BrClN2O2S2. The van der Waals surface area contributed by atoms with Crippen molar-refractivity contribution in [2.45, 2.75) is 11.4 Å². The molecule has 0 bridgehead atoms. The molecule has 20 heavy (non-hydrogen) atoms. The van der Waals surface area contributed by atoms with Crippen molar-refractivity contribution in [2.24, 2.45) is 0 Å². The number of anilines is 1. The number of benzene rings is 1. The monoisotopic (exact) mass is 394 g/mol. The minimum atomic E-state index is -3.64. The zero-order valence-corrected chi connectivity index (χ0v) is 14.5. The molecule has 0 saturated heterocycles. The first-order chi connectivity index (χ1) is 9.30. The number of hydrogen-bond acceptors (Lipinski definition) is 4. The van der Waals surface area contributed by atoms with E-state index < -0.39 is 10.0 Å². The molecule has 4 nitrogen and oxygen atoms in total. The molecule has 0 spiro atoms. The van der Waals surface area contributed by atoms with Gasteiger partial charge in [-0.15, -0.1) is 11.3 Å². The maximum absolute atomic E-state index is 12.5. The van der Waals surface area contributed by atoms with Gasteiger partial charge in [0.15, 0.2) is 0 Å². The zero-order chi connectivity index (χ0) is 14.9. The second-order valence-corrected chi connectivity index (χ2v) is 8.94. The van der Waals surface area contributed by atoms with Crippen LogP contribution in [0, 0.1) is 0 Å². The van der Waals surface area contributed by atoms with Gasteiger partial charge in [0.1, 0.15) is 4.90 Å². The summed E-state index contributed by atoms with van der Waals surface area (Å²) < 4.78 is 27.2. The molecule has 0 aliphatic heterocycles. The second-order valence-electron chi connectivity index (χ2n) is 4.20. The van der Waals surface area contributed by atoms with Gasteiger partial charge < -0.3 is 5.73 Å². The van der Waals surface area contributed by atoms with E-state index >= 15 is 0 Å². The van der Waals surface area contributed by atoms with Gasteiger partial charge in [-0.05, 0) is 51.1 Å². The Morgan fingerprint density at radius 2 is 2.10 bits per heavy atom. The first-order valence-electron chi connectivity index (χ1n) is 5.55. The molecule has 0 fully saturated rings. The van der Waals surface area contributed by atoms with E-state index in [0.29, 0.717) is 5.02 Å². The molecule has 2 aromatic rings. The lowest BCUT2D eigenvalue weighted by molar-refractivity contribution is 0.467. The van der Waals surface area contributed by atoms with Gasteiger partial charge >= 0.3 is 0 Å². The lowest BCUT2D eigenvalue weighted by atomic mass is 10.3. The molecule has 0 saturated carbocycles. The molecule has 1 aromatic heterocycles. The van der Waals surface area contributed by atoms with Crippen LogP contribution in [0.5, 0.6) is 0 Å². The van der Waals surface area contributed by atoms with Crippen LogP contribution in [0.25, 0.3) is 0 Å². The maximum Gasteiger partial charge on any atom is 0.245 e. The van der Waals surface area contributed by atoms with Gasteiger partial charge in [-0.25, -0.2) is 8.42 Å². The van der Waals surface area contributed by atoms with E-state index in [2.05, 4.69) is 15.9 Å². The maximum atomic E-state index is 12.5. The zero-order valence-electron chi connectivity index (χ0n) is 10.5. The van der Waals surface area contributed by atoms with E-state index in [1.54, 1.807) is 0 Å². The average molecular weight is 396 g/mol. The highest BCUT2D eigenvalue weighted by Gasteiger charge is 2.23. The summed E-state index contributed by atoms with van der Waals surface area (Å²) in [5, 5.41) is 2.31. The minimum absolute atomic E-state index is 0.0682. The van der Waals surface area contributed by atoms with Gasteiger partial charge in [-0.2, -0.15) is 4.31 Å². The Hall–Kier alpha value is -0.600. The molecule has 0 aliphatic rings. The molecule has 0 atom stereocenters. The van der Waals surface area contributed by atoms with Gasteiger partial charge in [0, 0.05) is 18.6 Å². The van der Waals surface area contributed by atoms with E-state index in [0.717, 1.165) is 9.35 Å². The van der Waals surface area contributed by atoms with Crippen molar-refractivity contribution in [1.82, 2.24) is 4.31 Å². The number of sulfonamides is 1. The highest BCUT2D eigenvalue weighted by atomic mass is 79.9. The summed E-state index contributed by atoms with van der Waals surface area (Å²) in [6.45, 7) is 0.284. The Labute approximate surface area is 135 Å². The summed E-state index contributed by atoms with van der Waals surface area (Å²) >= 11 is 10.7. The Morgan fingerprint density at radius 3 is 2.65 bits per heavy atom. The van der Waals surface area contributed by atoms with E-state index in [1.165, 1.54) is 40.9 Å². The number of nitrogens with two attached hydrogens (primary N) is 1. The SMILES string of the molecule is CN(Cc1csc(Br)c1)S(=O)(=O)c1ccc(Cl)cc1N. The van der Waals surface area contributed by atoms with Gasteiger partial charge in [0.05, 0.1) is 9.47 Å². The smallest absolute Gasteiger partial charge is 0.245 e. The largest absolute Gasteiger partial charge is 0.398 e. The summed E-state index contributed by atoms with van der Waals surface area (Å²) in [7, 11) is -2.11. The molecule has 2 rings (SSSR count). The summed E-state index contributed by atoms with van der Waals surface area (Å²) in [5.41, 5.74) is 6.81. The van der Waals surface area contributed by atoms with Crippen LogP contribution >= 0.6 is 38.9 Å². The number of halogens is 2. The highest BCUT2D eigenvalue weighted by molar-refractivity contribution is 9.11. The van der Waals surface area contributed by atoms with Crippen LogP contribution in [0.15, 0.2) is 38.3 Å². The quantitative estimate of drug-likeness (QED) is 0.805. The standard InChI is InChI=1S/C12H12BrClN2O2S2/c1-16(6-8-4-12(13)19-7-8)20(17,18)11-3-2-9(14)5-10(11)15/h2-5,7H,6,15H2,1H3.